The molecule has 1 N–H and O–H groups in total. The molecular weight excluding hydrogens is 272 g/mol. The molecule has 0 saturated heterocycles. The number of fused-ring (bicyclic) bond motifs is 1. The van der Waals surface area contributed by atoms with E-state index in [-0.39, 0.29) is 5.41 Å². The molecule has 2 aliphatic carbocycles. The van der Waals surface area contributed by atoms with E-state index in [2.05, 4.69) is 39.8 Å². The minimum absolute atomic E-state index is 0.250. The summed E-state index contributed by atoms with van der Waals surface area (Å²) in [5, 5.41) is 10.3. The fraction of sp³-hybridized carbons (Fsp3) is 0.650. The molecule has 2 nitrogen and oxygen atoms in total. The molecule has 0 heterocycles. The van der Waals surface area contributed by atoms with Crippen LogP contribution in [-0.2, 0) is 4.79 Å². The lowest BCUT2D eigenvalue weighted by Gasteiger charge is -2.10. The third-order valence-corrected chi connectivity index (χ3v) is 5.60. The zero-order chi connectivity index (χ0) is 16.3. The van der Waals surface area contributed by atoms with Crippen LogP contribution in [0.15, 0.2) is 34.9 Å². The predicted octanol–water partition coefficient (Wildman–Crippen LogP) is 4.60. The molecule has 0 bridgehead atoms. The first-order valence-electron chi connectivity index (χ1n) is 8.52. The van der Waals surface area contributed by atoms with Crippen LogP contribution in [0.1, 0.15) is 59.8 Å². The highest BCUT2D eigenvalue weighted by Gasteiger charge is 2.55. The number of aliphatic hydroxyl groups excluding tert-OH is 1. The van der Waals surface area contributed by atoms with E-state index in [4.69, 9.17) is 0 Å². The number of hydrogen-bond donors (Lipinski definition) is 1. The average molecular weight is 302 g/mol. The maximum absolute atomic E-state index is 11.4. The largest absolute Gasteiger partial charge is 0.388 e. The van der Waals surface area contributed by atoms with Gasteiger partial charge < -0.3 is 5.11 Å². The van der Waals surface area contributed by atoms with Gasteiger partial charge in [-0.3, -0.25) is 4.79 Å². The molecule has 0 aliphatic heterocycles. The molecule has 2 aliphatic rings. The van der Waals surface area contributed by atoms with E-state index in [1.54, 1.807) is 0 Å². The van der Waals surface area contributed by atoms with Crippen molar-refractivity contribution in [2.75, 3.05) is 0 Å². The van der Waals surface area contributed by atoms with E-state index in [0.717, 1.165) is 25.5 Å². The van der Waals surface area contributed by atoms with Crippen molar-refractivity contribution in [3.8, 4) is 0 Å². The Labute approximate surface area is 135 Å². The highest BCUT2D eigenvalue weighted by molar-refractivity contribution is 5.75. The minimum atomic E-state index is -0.662. The summed E-state index contributed by atoms with van der Waals surface area (Å²) in [6.45, 7) is 8.88. The van der Waals surface area contributed by atoms with E-state index in [9.17, 15) is 9.90 Å². The van der Waals surface area contributed by atoms with Crippen LogP contribution < -0.4 is 0 Å². The Kier molecular flexibility index (Phi) is 5.44. The fourth-order valence-electron chi connectivity index (χ4n) is 3.69. The summed E-state index contributed by atoms with van der Waals surface area (Å²) >= 11 is 0. The van der Waals surface area contributed by atoms with Crippen molar-refractivity contribution >= 4 is 6.29 Å². The molecule has 1 unspecified atom stereocenters. The monoisotopic (exact) mass is 302 g/mol. The fourth-order valence-corrected chi connectivity index (χ4v) is 3.69. The standard InChI is InChI=1S/C20H30O2/c1-14-6-5-7-15(2)9-11-19(22)16(13-21)12-18-17(10-8-14)20(18,3)4/h6,9,12-13,17-19,22H,5,7-8,10-11H2,1-4H3/b14-6?,15-9+,16-12-/t17-,18-,19?/m1/s1. The van der Waals surface area contributed by atoms with Crippen LogP contribution in [0.3, 0.4) is 0 Å². The Morgan fingerprint density at radius 2 is 1.86 bits per heavy atom. The van der Waals surface area contributed by atoms with Gasteiger partial charge in [-0.1, -0.05) is 43.2 Å². The summed E-state index contributed by atoms with van der Waals surface area (Å²) in [6.07, 6.45) is 11.6. The number of hydrogen-bond acceptors (Lipinski definition) is 2. The molecule has 122 valence electrons. The Bertz CT molecular complexity index is 508. The molecule has 1 saturated carbocycles. The van der Waals surface area contributed by atoms with Gasteiger partial charge in [0.25, 0.3) is 0 Å². The van der Waals surface area contributed by atoms with Gasteiger partial charge in [-0.25, -0.2) is 0 Å². The van der Waals surface area contributed by atoms with Crippen LogP contribution in [0, 0.1) is 17.3 Å². The number of rotatable bonds is 1. The summed E-state index contributed by atoms with van der Waals surface area (Å²) in [4.78, 5) is 11.4. The highest BCUT2D eigenvalue weighted by Crippen LogP contribution is 2.61. The van der Waals surface area contributed by atoms with Crippen molar-refractivity contribution in [3.05, 3.63) is 34.9 Å². The Morgan fingerprint density at radius 1 is 1.18 bits per heavy atom. The molecule has 0 aromatic rings. The van der Waals surface area contributed by atoms with Crippen molar-refractivity contribution < 1.29 is 9.90 Å². The molecule has 0 aromatic heterocycles. The van der Waals surface area contributed by atoms with Gasteiger partial charge in [0.2, 0.25) is 0 Å². The van der Waals surface area contributed by atoms with Crippen LogP contribution in [0.2, 0.25) is 0 Å². The van der Waals surface area contributed by atoms with Gasteiger partial charge in [0.1, 0.15) is 6.29 Å². The van der Waals surface area contributed by atoms with Crippen LogP contribution in [0.25, 0.3) is 0 Å². The van der Waals surface area contributed by atoms with Crippen molar-refractivity contribution in [3.63, 3.8) is 0 Å². The summed E-state index contributed by atoms with van der Waals surface area (Å²) in [7, 11) is 0. The number of aldehydes is 1. The van der Waals surface area contributed by atoms with Gasteiger partial charge in [-0.05, 0) is 63.2 Å². The number of carbonyl (C=O) groups excluding carboxylic acids is 1. The average Bonchev–Trinajstić information content (AvgIpc) is 2.99. The quantitative estimate of drug-likeness (QED) is 0.567. The van der Waals surface area contributed by atoms with Gasteiger partial charge in [0, 0.05) is 5.57 Å². The third kappa shape index (κ3) is 3.98. The van der Waals surface area contributed by atoms with Crippen molar-refractivity contribution in [1.29, 1.82) is 0 Å². The summed E-state index contributed by atoms with van der Waals surface area (Å²) in [5.74, 6) is 1.04. The zero-order valence-corrected chi connectivity index (χ0v) is 14.4. The van der Waals surface area contributed by atoms with Gasteiger partial charge >= 0.3 is 0 Å². The third-order valence-electron chi connectivity index (χ3n) is 5.60. The summed E-state index contributed by atoms with van der Waals surface area (Å²) in [6, 6.07) is 0. The first-order valence-corrected chi connectivity index (χ1v) is 8.52. The van der Waals surface area contributed by atoms with Crippen molar-refractivity contribution in [2.24, 2.45) is 17.3 Å². The smallest absolute Gasteiger partial charge is 0.148 e. The lowest BCUT2D eigenvalue weighted by atomic mass is 10.0. The Hall–Kier alpha value is -1.15. The molecule has 0 spiro atoms. The van der Waals surface area contributed by atoms with Crippen molar-refractivity contribution in [1.82, 2.24) is 0 Å². The van der Waals surface area contributed by atoms with Gasteiger partial charge in [-0.15, -0.1) is 0 Å². The highest BCUT2D eigenvalue weighted by atomic mass is 16.3. The number of allylic oxidation sites excluding steroid dienone is 4. The SMILES string of the molecule is CC1=CCC/C(C)=C/CC(O)/C(C=O)=C\[C@@H]2[C@@H](CC1)C2(C)C. The first kappa shape index (κ1) is 17.2. The second-order valence-corrected chi connectivity index (χ2v) is 7.67. The summed E-state index contributed by atoms with van der Waals surface area (Å²) < 4.78 is 0. The van der Waals surface area contributed by atoms with Gasteiger partial charge in [0.15, 0.2) is 0 Å². The lowest BCUT2D eigenvalue weighted by molar-refractivity contribution is -0.105. The molecule has 0 radical (unpaired) electrons. The van der Waals surface area contributed by atoms with Crippen molar-refractivity contribution in [2.45, 2.75) is 65.9 Å². The molecule has 0 amide bonds. The molecule has 2 rings (SSSR count). The molecule has 0 aromatic carbocycles. The second kappa shape index (κ2) is 6.95. The van der Waals surface area contributed by atoms with E-state index in [1.807, 2.05) is 6.08 Å². The first-order chi connectivity index (χ1) is 10.4. The van der Waals surface area contributed by atoms with Crippen LogP contribution >= 0.6 is 0 Å². The molecular formula is C20H30O2. The second-order valence-electron chi connectivity index (χ2n) is 7.67. The van der Waals surface area contributed by atoms with Crippen LogP contribution in [0.5, 0.6) is 0 Å². The maximum atomic E-state index is 11.4. The number of aliphatic hydroxyl groups is 1. The maximum Gasteiger partial charge on any atom is 0.148 e. The zero-order valence-electron chi connectivity index (χ0n) is 14.4. The van der Waals surface area contributed by atoms with Crippen LogP contribution in [0.4, 0.5) is 0 Å². The Balaban J connectivity index is 2.22. The van der Waals surface area contributed by atoms with Gasteiger partial charge in [0.05, 0.1) is 6.10 Å². The van der Waals surface area contributed by atoms with E-state index >= 15 is 0 Å². The van der Waals surface area contributed by atoms with E-state index in [0.29, 0.717) is 23.8 Å². The molecule has 22 heavy (non-hydrogen) atoms. The molecule has 2 heteroatoms. The molecule has 3 atom stereocenters. The normalized spacial score (nSPS) is 37.5. The topological polar surface area (TPSA) is 37.3 Å². The van der Waals surface area contributed by atoms with Gasteiger partial charge in [-0.2, -0.15) is 0 Å². The van der Waals surface area contributed by atoms with Crippen LogP contribution in [-0.4, -0.2) is 17.5 Å². The number of carbonyl (C=O) groups is 1. The Morgan fingerprint density at radius 3 is 2.55 bits per heavy atom. The lowest BCUT2D eigenvalue weighted by Crippen LogP contribution is -2.11. The van der Waals surface area contributed by atoms with E-state index < -0.39 is 6.10 Å². The summed E-state index contributed by atoms with van der Waals surface area (Å²) in [5.41, 5.74) is 3.58. The predicted molar refractivity (Wildman–Crippen MR) is 91.5 cm³/mol. The minimum Gasteiger partial charge on any atom is -0.388 e. The molecule has 1 fully saturated rings. The van der Waals surface area contributed by atoms with E-state index in [1.165, 1.54) is 17.6 Å².